The van der Waals surface area contributed by atoms with E-state index >= 15 is 0 Å². The molecule has 1 aliphatic rings. The number of aryl methyl sites for hydroxylation is 1. The van der Waals surface area contributed by atoms with Gasteiger partial charge in [-0.25, -0.2) is 4.68 Å². The second-order valence-corrected chi connectivity index (χ2v) is 8.60. The minimum atomic E-state index is -0.282. The van der Waals surface area contributed by atoms with Gasteiger partial charge in [0.05, 0.1) is 5.25 Å². The van der Waals surface area contributed by atoms with Crippen LogP contribution in [0, 0.1) is 6.92 Å². The minimum absolute atomic E-state index is 0.00429. The van der Waals surface area contributed by atoms with Crippen molar-refractivity contribution in [1.82, 2.24) is 20.2 Å². The number of benzene rings is 1. The van der Waals surface area contributed by atoms with Crippen LogP contribution in [0.25, 0.3) is 0 Å². The van der Waals surface area contributed by atoms with Crippen molar-refractivity contribution in [3.63, 3.8) is 0 Å². The molecule has 27 heavy (non-hydrogen) atoms. The van der Waals surface area contributed by atoms with E-state index in [2.05, 4.69) is 41.5 Å². The summed E-state index contributed by atoms with van der Waals surface area (Å²) in [7, 11) is 0. The Labute approximate surface area is 164 Å². The summed E-state index contributed by atoms with van der Waals surface area (Å²) < 4.78 is 7.38. The number of hydrogen-bond donors (Lipinski definition) is 2. The highest BCUT2D eigenvalue weighted by atomic mass is 32.2. The van der Waals surface area contributed by atoms with Crippen LogP contribution in [0.5, 0.6) is 5.75 Å². The lowest BCUT2D eigenvalue weighted by molar-refractivity contribution is -0.120. The van der Waals surface area contributed by atoms with Gasteiger partial charge in [0, 0.05) is 6.04 Å². The monoisotopic (exact) mass is 389 g/mol. The maximum Gasteiger partial charge on any atom is 0.233 e. The van der Waals surface area contributed by atoms with Crippen LogP contribution in [-0.2, 0) is 11.4 Å². The fraction of sp³-hybridized carbons (Fsp3) is 0.526. The average Bonchev–Trinajstić information content (AvgIpc) is 3.37. The zero-order valence-corrected chi connectivity index (χ0v) is 17.0. The van der Waals surface area contributed by atoms with Crippen LogP contribution in [-0.4, -0.2) is 32.1 Å². The second kappa shape index (κ2) is 8.21. The molecule has 0 unspecified atom stereocenters. The van der Waals surface area contributed by atoms with Gasteiger partial charge in [-0.3, -0.25) is 4.79 Å². The number of aromatic nitrogens is 3. The molecule has 3 rings (SSSR count). The van der Waals surface area contributed by atoms with Gasteiger partial charge in [-0.1, -0.05) is 37.7 Å². The molecule has 0 aliphatic heterocycles. The van der Waals surface area contributed by atoms with Crippen molar-refractivity contribution in [2.24, 2.45) is 0 Å². The molecule has 0 radical (unpaired) electrons. The van der Waals surface area contributed by atoms with Gasteiger partial charge in [-0.2, -0.15) is 0 Å². The van der Waals surface area contributed by atoms with Gasteiger partial charge in [0.25, 0.3) is 0 Å². The zero-order valence-electron chi connectivity index (χ0n) is 16.2. The van der Waals surface area contributed by atoms with Crippen molar-refractivity contribution < 1.29 is 9.53 Å². The number of thioether (sulfide) groups is 1. The summed E-state index contributed by atoms with van der Waals surface area (Å²) >= 11 is 1.30. The number of rotatable bonds is 8. The zero-order chi connectivity index (χ0) is 19.6. The average molecular weight is 390 g/mol. The van der Waals surface area contributed by atoms with Gasteiger partial charge in [-0.15, -0.1) is 10.2 Å². The maximum absolute atomic E-state index is 12.1. The first-order valence-corrected chi connectivity index (χ1v) is 10.1. The number of nitrogen functional groups attached to an aromatic ring is 1. The summed E-state index contributed by atoms with van der Waals surface area (Å²) in [5.41, 5.74) is 2.28. The van der Waals surface area contributed by atoms with Crippen molar-refractivity contribution in [3.05, 3.63) is 35.2 Å². The van der Waals surface area contributed by atoms with Gasteiger partial charge in [0.1, 0.15) is 12.4 Å². The Morgan fingerprint density at radius 2 is 2.11 bits per heavy atom. The normalized spacial score (nSPS) is 15.0. The number of carbonyl (C=O) groups excluding carboxylic acids is 1. The third-order valence-electron chi connectivity index (χ3n) is 4.46. The predicted molar refractivity (Wildman–Crippen MR) is 106 cm³/mol. The molecule has 1 atom stereocenters. The van der Waals surface area contributed by atoms with E-state index < -0.39 is 0 Å². The molecule has 146 valence electrons. The molecule has 1 amide bonds. The Morgan fingerprint density at radius 1 is 1.37 bits per heavy atom. The number of nitrogens with two attached hydrogens (primary N) is 1. The Bertz CT molecular complexity index is 816. The summed E-state index contributed by atoms with van der Waals surface area (Å²) in [5, 5.41) is 11.4. The van der Waals surface area contributed by atoms with Crippen molar-refractivity contribution in [1.29, 1.82) is 0 Å². The van der Waals surface area contributed by atoms with Crippen LogP contribution < -0.4 is 15.9 Å². The SMILES string of the molecule is Cc1ccc(C(C)C)c(OCc2nnc(S[C@@H](C)C(=O)NC3CC3)n2N)c1. The Hall–Kier alpha value is -2.22. The van der Waals surface area contributed by atoms with Crippen molar-refractivity contribution in [2.75, 3.05) is 5.84 Å². The van der Waals surface area contributed by atoms with Gasteiger partial charge in [0.15, 0.2) is 5.82 Å². The van der Waals surface area contributed by atoms with Crippen LogP contribution in [0.1, 0.15) is 56.5 Å². The number of nitrogens with one attached hydrogen (secondary N) is 1. The van der Waals surface area contributed by atoms with E-state index in [0.717, 1.165) is 29.7 Å². The molecule has 8 heteroatoms. The number of nitrogens with zero attached hydrogens (tertiary/aromatic N) is 3. The molecule has 2 aromatic rings. The first-order valence-electron chi connectivity index (χ1n) is 9.25. The number of amides is 1. The molecule has 1 aromatic heterocycles. The van der Waals surface area contributed by atoms with Crippen LogP contribution in [0.2, 0.25) is 0 Å². The van der Waals surface area contributed by atoms with E-state index in [1.54, 1.807) is 0 Å². The van der Waals surface area contributed by atoms with Gasteiger partial charge >= 0.3 is 0 Å². The molecule has 0 spiro atoms. The Morgan fingerprint density at radius 3 is 2.78 bits per heavy atom. The highest BCUT2D eigenvalue weighted by Crippen LogP contribution is 2.28. The van der Waals surface area contributed by atoms with E-state index in [4.69, 9.17) is 10.6 Å². The fourth-order valence-corrected chi connectivity index (χ4v) is 3.43. The Balaban J connectivity index is 1.64. The molecule has 3 N–H and O–H groups in total. The van der Waals surface area contributed by atoms with E-state index in [-0.39, 0.29) is 17.8 Å². The lowest BCUT2D eigenvalue weighted by atomic mass is 10.0. The van der Waals surface area contributed by atoms with Crippen molar-refractivity contribution in [2.45, 2.75) is 69.5 Å². The lowest BCUT2D eigenvalue weighted by Crippen LogP contribution is -2.32. The lowest BCUT2D eigenvalue weighted by Gasteiger charge is -2.15. The van der Waals surface area contributed by atoms with Crippen molar-refractivity contribution >= 4 is 17.7 Å². The first-order chi connectivity index (χ1) is 12.8. The molecule has 0 bridgehead atoms. The highest BCUT2D eigenvalue weighted by molar-refractivity contribution is 8.00. The largest absolute Gasteiger partial charge is 0.485 e. The molecule has 1 fully saturated rings. The molecule has 1 aromatic carbocycles. The van der Waals surface area contributed by atoms with Gasteiger partial charge in [-0.05, 0) is 49.8 Å². The summed E-state index contributed by atoms with van der Waals surface area (Å²) in [6, 6.07) is 6.53. The molecule has 1 saturated carbocycles. The van der Waals surface area contributed by atoms with Crippen LogP contribution in [0.15, 0.2) is 23.4 Å². The topological polar surface area (TPSA) is 95.1 Å². The maximum atomic E-state index is 12.1. The van der Waals surface area contributed by atoms with Crippen LogP contribution in [0.3, 0.4) is 0 Å². The van der Waals surface area contributed by atoms with E-state index in [1.165, 1.54) is 16.4 Å². The molecular weight excluding hydrogens is 362 g/mol. The van der Waals surface area contributed by atoms with E-state index in [9.17, 15) is 4.79 Å². The standard InChI is InChI=1S/C19H27N5O2S/c1-11(2)15-8-5-12(3)9-16(15)26-10-17-22-23-19(24(17)20)27-13(4)18(25)21-14-6-7-14/h5,8-9,11,13-14H,6-7,10,20H2,1-4H3,(H,21,25)/t13-/m0/s1. The van der Waals surface area contributed by atoms with Crippen molar-refractivity contribution in [3.8, 4) is 5.75 Å². The molecule has 1 aliphatic carbocycles. The van der Waals surface area contributed by atoms with E-state index in [0.29, 0.717) is 22.9 Å². The third kappa shape index (κ3) is 4.94. The Kier molecular flexibility index (Phi) is 5.94. The van der Waals surface area contributed by atoms with Gasteiger partial charge in [0.2, 0.25) is 11.1 Å². The first kappa shape index (κ1) is 19.5. The smallest absolute Gasteiger partial charge is 0.233 e. The summed E-state index contributed by atoms with van der Waals surface area (Å²) in [6.45, 7) is 8.35. The predicted octanol–water partition coefficient (Wildman–Crippen LogP) is 2.76. The van der Waals surface area contributed by atoms with Crippen LogP contribution in [0.4, 0.5) is 0 Å². The fourth-order valence-electron chi connectivity index (χ4n) is 2.63. The molecular formula is C19H27N5O2S. The number of hydrogen-bond acceptors (Lipinski definition) is 6. The van der Waals surface area contributed by atoms with E-state index in [1.807, 2.05) is 19.9 Å². The third-order valence-corrected chi connectivity index (χ3v) is 5.51. The molecule has 0 saturated heterocycles. The highest BCUT2D eigenvalue weighted by Gasteiger charge is 2.27. The summed E-state index contributed by atoms with van der Waals surface area (Å²) in [5.74, 6) is 7.83. The van der Waals surface area contributed by atoms with Gasteiger partial charge < -0.3 is 15.9 Å². The molecule has 7 nitrogen and oxygen atoms in total. The number of carbonyl (C=O) groups is 1. The summed E-state index contributed by atoms with van der Waals surface area (Å²) in [6.07, 6.45) is 2.13. The quantitative estimate of drug-likeness (QED) is 0.532. The molecule has 1 heterocycles. The number of ether oxygens (including phenoxy) is 1. The minimum Gasteiger partial charge on any atom is -0.485 e. The second-order valence-electron chi connectivity index (χ2n) is 7.30. The summed E-state index contributed by atoms with van der Waals surface area (Å²) in [4.78, 5) is 12.1. The van der Waals surface area contributed by atoms with Crippen LogP contribution >= 0.6 is 11.8 Å².